The highest BCUT2D eigenvalue weighted by atomic mass is 127. The maximum atomic E-state index is 4.28. The zero-order valence-corrected chi connectivity index (χ0v) is 16.2. The van der Waals surface area contributed by atoms with Gasteiger partial charge < -0.3 is 15.2 Å². The van der Waals surface area contributed by atoms with Gasteiger partial charge in [0.05, 0.1) is 0 Å². The van der Waals surface area contributed by atoms with Crippen LogP contribution in [0.1, 0.15) is 45.1 Å². The molecule has 1 unspecified atom stereocenters. The van der Waals surface area contributed by atoms with Crippen molar-refractivity contribution < 1.29 is 0 Å². The molecule has 0 saturated heterocycles. The SMILES string of the molecule is CCCCC(CC)CNC(=NC)NCc1ccn(C)c1.I. The number of aromatic nitrogens is 1. The third kappa shape index (κ3) is 8.34. The van der Waals surface area contributed by atoms with Gasteiger partial charge in [0.2, 0.25) is 0 Å². The molecule has 1 aromatic rings. The maximum absolute atomic E-state index is 4.28. The van der Waals surface area contributed by atoms with Crippen LogP contribution in [-0.2, 0) is 13.6 Å². The molecule has 21 heavy (non-hydrogen) atoms. The van der Waals surface area contributed by atoms with Crippen LogP contribution in [0.15, 0.2) is 23.5 Å². The van der Waals surface area contributed by atoms with Crippen LogP contribution in [0.4, 0.5) is 0 Å². The minimum Gasteiger partial charge on any atom is -0.357 e. The standard InChI is InChI=1S/C16H30N4.HI/c1-5-7-8-14(6-2)11-18-16(17-3)19-12-15-9-10-20(4)13-15;/h9-10,13-14H,5-8,11-12H2,1-4H3,(H2,17,18,19);1H. The molecule has 0 radical (unpaired) electrons. The second kappa shape index (κ2) is 11.9. The first-order valence-corrected chi connectivity index (χ1v) is 7.74. The van der Waals surface area contributed by atoms with Crippen LogP contribution in [-0.4, -0.2) is 24.1 Å². The maximum Gasteiger partial charge on any atom is 0.191 e. The van der Waals surface area contributed by atoms with Gasteiger partial charge in [-0.1, -0.05) is 33.1 Å². The lowest BCUT2D eigenvalue weighted by Crippen LogP contribution is -2.39. The first kappa shape index (κ1) is 20.3. The number of unbranched alkanes of at least 4 members (excludes halogenated alkanes) is 1. The Morgan fingerprint density at radius 1 is 1.33 bits per heavy atom. The number of aliphatic imine (C=N–C) groups is 1. The minimum absolute atomic E-state index is 0. The van der Waals surface area contributed by atoms with Crippen LogP contribution in [0.25, 0.3) is 0 Å². The van der Waals surface area contributed by atoms with Gasteiger partial charge in [-0.05, 0) is 24.0 Å². The third-order valence-electron chi connectivity index (χ3n) is 3.68. The summed E-state index contributed by atoms with van der Waals surface area (Å²) < 4.78 is 2.06. The molecule has 1 aromatic heterocycles. The molecule has 1 atom stereocenters. The summed E-state index contributed by atoms with van der Waals surface area (Å²) in [7, 11) is 3.86. The van der Waals surface area contributed by atoms with Crippen molar-refractivity contribution in [1.82, 2.24) is 15.2 Å². The molecule has 0 bridgehead atoms. The Labute approximate surface area is 146 Å². The molecular weight excluding hydrogens is 375 g/mol. The Bertz CT molecular complexity index is 401. The summed E-state index contributed by atoms with van der Waals surface area (Å²) in [6.45, 7) is 6.33. The Hall–Kier alpha value is -0.720. The second-order valence-corrected chi connectivity index (χ2v) is 5.41. The average Bonchev–Trinajstić information content (AvgIpc) is 2.87. The lowest BCUT2D eigenvalue weighted by Gasteiger charge is -2.17. The third-order valence-corrected chi connectivity index (χ3v) is 3.68. The van der Waals surface area contributed by atoms with Crippen LogP contribution in [0.5, 0.6) is 0 Å². The minimum atomic E-state index is 0. The summed E-state index contributed by atoms with van der Waals surface area (Å²) in [4.78, 5) is 4.28. The Morgan fingerprint density at radius 3 is 2.62 bits per heavy atom. The number of rotatable bonds is 8. The summed E-state index contributed by atoms with van der Waals surface area (Å²) in [5.74, 6) is 1.63. The van der Waals surface area contributed by atoms with E-state index in [0.29, 0.717) is 0 Å². The molecule has 5 heteroatoms. The van der Waals surface area contributed by atoms with E-state index in [-0.39, 0.29) is 24.0 Å². The zero-order chi connectivity index (χ0) is 14.8. The van der Waals surface area contributed by atoms with Crippen LogP contribution in [0.2, 0.25) is 0 Å². The van der Waals surface area contributed by atoms with E-state index < -0.39 is 0 Å². The van der Waals surface area contributed by atoms with Gasteiger partial charge in [-0.2, -0.15) is 0 Å². The monoisotopic (exact) mass is 406 g/mol. The predicted molar refractivity (Wildman–Crippen MR) is 102 cm³/mol. The van der Waals surface area contributed by atoms with E-state index in [1.165, 1.54) is 31.2 Å². The van der Waals surface area contributed by atoms with E-state index in [2.05, 4.69) is 52.5 Å². The van der Waals surface area contributed by atoms with E-state index in [1.807, 2.05) is 14.1 Å². The quantitative estimate of drug-likeness (QED) is 0.394. The second-order valence-electron chi connectivity index (χ2n) is 5.41. The lowest BCUT2D eigenvalue weighted by atomic mass is 9.99. The van der Waals surface area contributed by atoms with Gasteiger partial charge in [0.1, 0.15) is 0 Å². The summed E-state index contributed by atoms with van der Waals surface area (Å²) in [5, 5.41) is 6.80. The van der Waals surface area contributed by atoms with Gasteiger partial charge in [0.25, 0.3) is 0 Å². The van der Waals surface area contributed by atoms with Crippen molar-refractivity contribution in [2.24, 2.45) is 18.0 Å². The van der Waals surface area contributed by atoms with Gasteiger partial charge >= 0.3 is 0 Å². The fraction of sp³-hybridized carbons (Fsp3) is 0.688. The number of nitrogens with one attached hydrogen (secondary N) is 2. The Balaban J connectivity index is 0.00000400. The zero-order valence-electron chi connectivity index (χ0n) is 13.9. The van der Waals surface area contributed by atoms with Crippen molar-refractivity contribution in [2.75, 3.05) is 13.6 Å². The number of halogens is 1. The number of hydrogen-bond donors (Lipinski definition) is 2. The van der Waals surface area contributed by atoms with Crippen LogP contribution >= 0.6 is 24.0 Å². The largest absolute Gasteiger partial charge is 0.357 e. The number of guanidine groups is 1. The molecule has 2 N–H and O–H groups in total. The van der Waals surface area contributed by atoms with E-state index in [1.54, 1.807) is 0 Å². The molecule has 0 aromatic carbocycles. The molecule has 0 saturated carbocycles. The van der Waals surface area contributed by atoms with Crippen LogP contribution in [0.3, 0.4) is 0 Å². The van der Waals surface area contributed by atoms with Gasteiger partial charge in [-0.25, -0.2) is 0 Å². The molecular formula is C16H31IN4. The number of hydrogen-bond acceptors (Lipinski definition) is 1. The fourth-order valence-corrected chi connectivity index (χ4v) is 2.26. The summed E-state index contributed by atoms with van der Waals surface area (Å²) in [5.41, 5.74) is 1.27. The molecule has 4 nitrogen and oxygen atoms in total. The number of aryl methyl sites for hydroxylation is 1. The van der Waals surface area contributed by atoms with Crippen molar-refractivity contribution in [3.8, 4) is 0 Å². The van der Waals surface area contributed by atoms with Gasteiger partial charge in [-0.15, -0.1) is 24.0 Å². The smallest absolute Gasteiger partial charge is 0.191 e. The van der Waals surface area contributed by atoms with E-state index in [9.17, 15) is 0 Å². The molecule has 0 amide bonds. The van der Waals surface area contributed by atoms with Crippen molar-refractivity contribution in [3.63, 3.8) is 0 Å². The first-order chi connectivity index (χ1) is 9.69. The van der Waals surface area contributed by atoms with Crippen molar-refractivity contribution >= 4 is 29.9 Å². The van der Waals surface area contributed by atoms with E-state index in [0.717, 1.165) is 25.0 Å². The highest BCUT2D eigenvalue weighted by Crippen LogP contribution is 2.11. The van der Waals surface area contributed by atoms with E-state index in [4.69, 9.17) is 0 Å². The lowest BCUT2D eigenvalue weighted by molar-refractivity contribution is 0.443. The molecule has 1 heterocycles. The molecule has 0 aliphatic heterocycles. The van der Waals surface area contributed by atoms with Crippen molar-refractivity contribution in [3.05, 3.63) is 24.0 Å². The Morgan fingerprint density at radius 2 is 2.10 bits per heavy atom. The molecule has 122 valence electrons. The molecule has 0 aliphatic carbocycles. The van der Waals surface area contributed by atoms with Gasteiger partial charge in [0.15, 0.2) is 5.96 Å². The summed E-state index contributed by atoms with van der Waals surface area (Å²) in [6, 6.07) is 2.12. The van der Waals surface area contributed by atoms with Gasteiger partial charge in [0, 0.05) is 39.6 Å². The number of nitrogens with zero attached hydrogens (tertiary/aromatic N) is 2. The molecule has 0 fully saturated rings. The first-order valence-electron chi connectivity index (χ1n) is 7.74. The Kier molecular flexibility index (Phi) is 11.5. The topological polar surface area (TPSA) is 41.4 Å². The normalized spacial score (nSPS) is 12.7. The van der Waals surface area contributed by atoms with Crippen molar-refractivity contribution in [1.29, 1.82) is 0 Å². The molecule has 0 aliphatic rings. The summed E-state index contributed by atoms with van der Waals surface area (Å²) >= 11 is 0. The van der Waals surface area contributed by atoms with Crippen molar-refractivity contribution in [2.45, 2.75) is 46.1 Å². The highest BCUT2D eigenvalue weighted by molar-refractivity contribution is 14.0. The highest BCUT2D eigenvalue weighted by Gasteiger charge is 2.07. The van der Waals surface area contributed by atoms with Gasteiger partial charge in [-0.3, -0.25) is 4.99 Å². The molecule has 1 rings (SSSR count). The fourth-order valence-electron chi connectivity index (χ4n) is 2.26. The van der Waals surface area contributed by atoms with E-state index >= 15 is 0 Å². The van der Waals surface area contributed by atoms with Crippen LogP contribution < -0.4 is 10.6 Å². The summed E-state index contributed by atoms with van der Waals surface area (Å²) in [6.07, 6.45) is 9.30. The average molecular weight is 406 g/mol. The predicted octanol–water partition coefficient (Wildman–Crippen LogP) is 3.52. The molecule has 0 spiro atoms. The van der Waals surface area contributed by atoms with Crippen LogP contribution in [0, 0.1) is 5.92 Å².